The molecule has 7 nitrogen and oxygen atoms in total. The van der Waals surface area contributed by atoms with Gasteiger partial charge in [0, 0.05) is 17.3 Å². The topological polar surface area (TPSA) is 98.2 Å². The van der Waals surface area contributed by atoms with E-state index in [1.54, 1.807) is 19.1 Å². The SMILES string of the molecule is CCOC(=O)C(C#N)(C(C)C[N+](=O)[O-])n1cccc1. The Morgan fingerprint density at radius 3 is 2.58 bits per heavy atom. The highest BCUT2D eigenvalue weighted by atomic mass is 16.6. The van der Waals surface area contributed by atoms with Crippen molar-refractivity contribution in [1.29, 1.82) is 5.26 Å². The van der Waals surface area contributed by atoms with Crippen LogP contribution in [0.25, 0.3) is 0 Å². The van der Waals surface area contributed by atoms with E-state index in [4.69, 9.17) is 4.74 Å². The van der Waals surface area contributed by atoms with Crippen LogP contribution in [0.4, 0.5) is 0 Å². The molecule has 0 radical (unpaired) electrons. The third-order valence-corrected chi connectivity index (χ3v) is 2.90. The van der Waals surface area contributed by atoms with Crippen molar-refractivity contribution < 1.29 is 14.5 Å². The van der Waals surface area contributed by atoms with Crippen molar-refractivity contribution in [3.8, 4) is 6.07 Å². The van der Waals surface area contributed by atoms with Gasteiger partial charge in [0.15, 0.2) is 0 Å². The van der Waals surface area contributed by atoms with E-state index in [0.717, 1.165) is 0 Å². The fraction of sp³-hybridized carbons (Fsp3) is 0.500. The second kappa shape index (κ2) is 6.00. The van der Waals surface area contributed by atoms with Crippen molar-refractivity contribution in [2.75, 3.05) is 13.2 Å². The van der Waals surface area contributed by atoms with Crippen LogP contribution in [-0.2, 0) is 15.1 Å². The summed E-state index contributed by atoms with van der Waals surface area (Å²) >= 11 is 0. The standard InChI is InChI=1S/C12H15N3O4/c1-3-19-11(16)12(9-13,10(2)8-15(17)18)14-6-4-5-7-14/h4-7,10H,3,8H2,1-2H3. The van der Waals surface area contributed by atoms with E-state index < -0.39 is 28.9 Å². The third kappa shape index (κ3) is 2.73. The summed E-state index contributed by atoms with van der Waals surface area (Å²) in [4.78, 5) is 22.2. The van der Waals surface area contributed by atoms with Crippen molar-refractivity contribution >= 4 is 5.97 Å². The maximum Gasteiger partial charge on any atom is 0.347 e. The largest absolute Gasteiger partial charge is 0.463 e. The van der Waals surface area contributed by atoms with E-state index in [-0.39, 0.29) is 6.61 Å². The van der Waals surface area contributed by atoms with E-state index in [9.17, 15) is 20.2 Å². The van der Waals surface area contributed by atoms with Gasteiger partial charge in [-0.25, -0.2) is 4.79 Å². The number of rotatable bonds is 6. The van der Waals surface area contributed by atoms with Gasteiger partial charge >= 0.3 is 5.97 Å². The van der Waals surface area contributed by atoms with Gasteiger partial charge in [-0.15, -0.1) is 0 Å². The molecule has 0 amide bonds. The lowest BCUT2D eigenvalue weighted by Crippen LogP contribution is -2.49. The molecule has 0 aliphatic rings. The van der Waals surface area contributed by atoms with Crippen LogP contribution in [0.3, 0.4) is 0 Å². The fourth-order valence-corrected chi connectivity index (χ4v) is 1.94. The zero-order valence-corrected chi connectivity index (χ0v) is 10.8. The molecular weight excluding hydrogens is 250 g/mol. The lowest BCUT2D eigenvalue weighted by atomic mass is 9.86. The van der Waals surface area contributed by atoms with Crippen molar-refractivity contribution in [1.82, 2.24) is 4.57 Å². The van der Waals surface area contributed by atoms with Crippen LogP contribution in [0.15, 0.2) is 24.5 Å². The number of hydrogen-bond acceptors (Lipinski definition) is 5. The predicted molar refractivity (Wildman–Crippen MR) is 65.7 cm³/mol. The quantitative estimate of drug-likeness (QED) is 0.437. The zero-order chi connectivity index (χ0) is 14.5. The molecule has 2 atom stereocenters. The Morgan fingerprint density at radius 2 is 2.16 bits per heavy atom. The molecule has 1 aromatic rings. The Kier molecular flexibility index (Phi) is 4.64. The van der Waals surface area contributed by atoms with Gasteiger partial charge in [0.2, 0.25) is 12.1 Å². The Bertz CT molecular complexity index is 492. The van der Waals surface area contributed by atoms with Gasteiger partial charge in [0.05, 0.1) is 12.5 Å². The first-order valence-corrected chi connectivity index (χ1v) is 5.82. The molecule has 19 heavy (non-hydrogen) atoms. The number of carbonyl (C=O) groups excluding carboxylic acids is 1. The molecule has 0 spiro atoms. The van der Waals surface area contributed by atoms with Crippen LogP contribution in [-0.4, -0.2) is 28.6 Å². The summed E-state index contributed by atoms with van der Waals surface area (Å²) in [6.45, 7) is 2.72. The normalized spacial score (nSPS) is 15.0. The number of aromatic nitrogens is 1. The van der Waals surface area contributed by atoms with E-state index in [2.05, 4.69) is 0 Å². The van der Waals surface area contributed by atoms with Gasteiger partial charge in [0.1, 0.15) is 6.07 Å². The molecule has 0 saturated carbocycles. The highest BCUT2D eigenvalue weighted by Gasteiger charge is 2.49. The third-order valence-electron chi connectivity index (χ3n) is 2.90. The van der Waals surface area contributed by atoms with E-state index >= 15 is 0 Å². The Morgan fingerprint density at radius 1 is 1.58 bits per heavy atom. The first-order chi connectivity index (χ1) is 8.98. The van der Waals surface area contributed by atoms with E-state index in [0.29, 0.717) is 0 Å². The molecule has 0 aliphatic heterocycles. The average molecular weight is 265 g/mol. The van der Waals surface area contributed by atoms with E-state index in [1.807, 2.05) is 6.07 Å². The molecule has 0 aromatic carbocycles. The molecule has 1 rings (SSSR count). The van der Waals surface area contributed by atoms with Crippen LogP contribution in [0, 0.1) is 27.4 Å². The number of esters is 1. The monoisotopic (exact) mass is 265 g/mol. The van der Waals surface area contributed by atoms with Crippen molar-refractivity contribution in [3.05, 3.63) is 34.6 Å². The summed E-state index contributed by atoms with van der Waals surface area (Å²) < 4.78 is 6.28. The molecule has 0 saturated heterocycles. The number of nitro groups is 1. The summed E-state index contributed by atoms with van der Waals surface area (Å²) in [7, 11) is 0. The lowest BCUT2D eigenvalue weighted by Gasteiger charge is -2.29. The zero-order valence-electron chi connectivity index (χ0n) is 10.8. The molecule has 0 fully saturated rings. The highest BCUT2D eigenvalue weighted by molar-refractivity contribution is 5.82. The van der Waals surface area contributed by atoms with Gasteiger partial charge < -0.3 is 9.30 Å². The summed E-state index contributed by atoms with van der Waals surface area (Å²) in [5, 5.41) is 20.1. The molecule has 1 aromatic heterocycles. The van der Waals surface area contributed by atoms with Crippen LogP contribution >= 0.6 is 0 Å². The lowest BCUT2D eigenvalue weighted by molar-refractivity contribution is -0.489. The molecule has 0 aliphatic carbocycles. The number of carbonyl (C=O) groups is 1. The molecule has 2 unspecified atom stereocenters. The summed E-state index contributed by atoms with van der Waals surface area (Å²) in [5.74, 6) is -1.60. The van der Waals surface area contributed by atoms with Crippen molar-refractivity contribution in [3.63, 3.8) is 0 Å². The number of nitrogens with zero attached hydrogens (tertiary/aromatic N) is 3. The smallest absolute Gasteiger partial charge is 0.347 e. The molecule has 0 bridgehead atoms. The first kappa shape index (κ1) is 14.7. The van der Waals surface area contributed by atoms with Gasteiger partial charge in [-0.2, -0.15) is 5.26 Å². The molecule has 102 valence electrons. The van der Waals surface area contributed by atoms with Crippen LogP contribution in [0.5, 0.6) is 0 Å². The van der Waals surface area contributed by atoms with E-state index in [1.165, 1.54) is 23.9 Å². The first-order valence-electron chi connectivity index (χ1n) is 5.82. The number of hydrogen-bond donors (Lipinski definition) is 0. The van der Waals surface area contributed by atoms with Crippen LogP contribution in [0.1, 0.15) is 13.8 Å². The van der Waals surface area contributed by atoms with Gasteiger partial charge in [0.25, 0.3) is 0 Å². The Labute approximate surface area is 110 Å². The van der Waals surface area contributed by atoms with Crippen molar-refractivity contribution in [2.45, 2.75) is 19.4 Å². The summed E-state index contributed by atoms with van der Waals surface area (Å²) in [6, 6.07) is 5.18. The second-order valence-corrected chi connectivity index (χ2v) is 4.11. The molecule has 0 N–H and O–H groups in total. The van der Waals surface area contributed by atoms with Crippen molar-refractivity contribution in [2.24, 2.45) is 5.92 Å². The van der Waals surface area contributed by atoms with Gasteiger partial charge in [-0.3, -0.25) is 10.1 Å². The molecular formula is C12H15N3O4. The van der Waals surface area contributed by atoms with Gasteiger partial charge in [-0.05, 0) is 19.1 Å². The van der Waals surface area contributed by atoms with Gasteiger partial charge in [-0.1, -0.05) is 6.92 Å². The predicted octanol–water partition coefficient (Wildman–Crippen LogP) is 1.18. The van der Waals surface area contributed by atoms with Crippen LogP contribution in [0.2, 0.25) is 0 Å². The average Bonchev–Trinajstić information content (AvgIpc) is 2.84. The minimum Gasteiger partial charge on any atom is -0.463 e. The maximum atomic E-state index is 12.1. The summed E-state index contributed by atoms with van der Waals surface area (Å²) in [5.41, 5.74) is -1.72. The second-order valence-electron chi connectivity index (χ2n) is 4.11. The molecule has 1 heterocycles. The molecule has 7 heteroatoms. The maximum absolute atomic E-state index is 12.1. The highest BCUT2D eigenvalue weighted by Crippen LogP contribution is 2.28. The summed E-state index contributed by atoms with van der Waals surface area (Å²) in [6.07, 6.45) is 3.05. The fourth-order valence-electron chi connectivity index (χ4n) is 1.94. The Hall–Kier alpha value is -2.36. The van der Waals surface area contributed by atoms with Crippen LogP contribution < -0.4 is 0 Å². The number of ether oxygens (including phenoxy) is 1. The number of nitriles is 1. The minimum atomic E-state index is -1.72. The Balaban J connectivity index is 3.26. The minimum absolute atomic E-state index is 0.106.